The van der Waals surface area contributed by atoms with Crippen molar-refractivity contribution in [2.24, 2.45) is 0 Å². The van der Waals surface area contributed by atoms with Crippen LogP contribution in [0, 0.1) is 0 Å². The summed E-state index contributed by atoms with van der Waals surface area (Å²) in [6.07, 6.45) is -3.67. The first-order chi connectivity index (χ1) is 16.9. The summed E-state index contributed by atoms with van der Waals surface area (Å²) in [4.78, 5) is 13.2. The molecule has 6 rings (SSSR count). The highest BCUT2D eigenvalue weighted by atomic mass is 19.4. The second kappa shape index (κ2) is 7.93. The molecule has 35 heavy (non-hydrogen) atoms. The molecule has 0 aliphatic carbocycles. The number of aromatic nitrogens is 2. The van der Waals surface area contributed by atoms with Crippen LogP contribution in [0.15, 0.2) is 66.9 Å². The fraction of sp³-hybridized carbons (Fsp3) is 0.200. The molecule has 2 aliphatic heterocycles. The van der Waals surface area contributed by atoms with Gasteiger partial charge in [0, 0.05) is 17.5 Å². The Labute approximate surface area is 197 Å². The summed E-state index contributed by atoms with van der Waals surface area (Å²) in [5, 5.41) is 11.6. The Hall–Kier alpha value is -4.21. The number of carbonyl (C=O) groups excluding carboxylic acids is 1. The number of carbonyl (C=O) groups is 1. The largest absolute Gasteiger partial charge is 0.454 e. The molecule has 0 fully saturated rings. The Balaban J connectivity index is 1.36. The van der Waals surface area contributed by atoms with Crippen LogP contribution in [0.4, 0.5) is 24.7 Å². The quantitative estimate of drug-likeness (QED) is 0.395. The van der Waals surface area contributed by atoms with Gasteiger partial charge < -0.3 is 20.1 Å². The monoisotopic (exact) mass is 480 g/mol. The Morgan fingerprint density at radius 1 is 1.06 bits per heavy atom. The van der Waals surface area contributed by atoms with Gasteiger partial charge in [0.2, 0.25) is 6.79 Å². The number of ether oxygens (including phenoxy) is 2. The highest BCUT2D eigenvalue weighted by Gasteiger charge is 2.47. The molecule has 2 aliphatic rings. The standard InChI is InChI=1S/C25H19F3N4O3/c26-25(27,28)22-11-19(15-8-9-20-21(10-15)35-13-34-20)30-23-17(12-29-32(22)23)24(33)31-18-7-3-5-14-4-1-2-6-16(14)18/h1-10,12,19,22,30H,11,13H2,(H,31,33)/t19-,22+/m0/s1. The third-order valence-corrected chi connectivity index (χ3v) is 6.32. The van der Waals surface area contributed by atoms with Gasteiger partial charge in [0.1, 0.15) is 11.4 Å². The number of nitrogens with zero attached hydrogens (tertiary/aromatic N) is 2. The molecule has 0 bridgehead atoms. The SMILES string of the molecule is O=C(Nc1cccc2ccccc12)c1cnn2c1N[C@H](c1ccc3c(c1)OCO3)C[C@@H]2C(F)(F)F. The summed E-state index contributed by atoms with van der Waals surface area (Å²) in [6.45, 7) is 0.0628. The van der Waals surface area contributed by atoms with E-state index in [9.17, 15) is 18.0 Å². The molecule has 178 valence electrons. The predicted molar refractivity (Wildman–Crippen MR) is 123 cm³/mol. The second-order valence-electron chi connectivity index (χ2n) is 8.43. The van der Waals surface area contributed by atoms with Crippen molar-refractivity contribution in [2.45, 2.75) is 24.7 Å². The highest BCUT2D eigenvalue weighted by Crippen LogP contribution is 2.46. The van der Waals surface area contributed by atoms with E-state index in [2.05, 4.69) is 15.7 Å². The molecule has 3 heterocycles. The van der Waals surface area contributed by atoms with E-state index in [-0.39, 0.29) is 24.6 Å². The van der Waals surface area contributed by atoms with E-state index >= 15 is 0 Å². The summed E-state index contributed by atoms with van der Waals surface area (Å²) in [5.41, 5.74) is 1.18. The lowest BCUT2D eigenvalue weighted by molar-refractivity contribution is -0.173. The van der Waals surface area contributed by atoms with Crippen molar-refractivity contribution in [1.82, 2.24) is 9.78 Å². The lowest BCUT2D eigenvalue weighted by atomic mass is 9.96. The Morgan fingerprint density at radius 3 is 2.71 bits per heavy atom. The van der Waals surface area contributed by atoms with Crippen LogP contribution in [0.5, 0.6) is 11.5 Å². The van der Waals surface area contributed by atoms with Gasteiger partial charge in [-0.05, 0) is 29.1 Å². The van der Waals surface area contributed by atoms with Gasteiger partial charge in [0.25, 0.3) is 5.91 Å². The summed E-state index contributed by atoms with van der Waals surface area (Å²) >= 11 is 0. The van der Waals surface area contributed by atoms with Gasteiger partial charge in [0.15, 0.2) is 17.5 Å². The van der Waals surface area contributed by atoms with Crippen LogP contribution in [0.2, 0.25) is 0 Å². The maximum atomic E-state index is 14.0. The average Bonchev–Trinajstić information content (AvgIpc) is 3.49. The number of amides is 1. The predicted octanol–water partition coefficient (Wildman–Crippen LogP) is 5.68. The average molecular weight is 480 g/mol. The van der Waals surface area contributed by atoms with E-state index in [1.807, 2.05) is 30.3 Å². The zero-order chi connectivity index (χ0) is 24.2. The van der Waals surface area contributed by atoms with Gasteiger partial charge in [-0.2, -0.15) is 18.3 Å². The molecule has 10 heteroatoms. The van der Waals surface area contributed by atoms with Gasteiger partial charge in [-0.3, -0.25) is 4.79 Å². The summed E-state index contributed by atoms with van der Waals surface area (Å²) in [5.74, 6) is 0.472. The van der Waals surface area contributed by atoms with Gasteiger partial charge in [-0.25, -0.2) is 4.68 Å². The van der Waals surface area contributed by atoms with Crippen LogP contribution in [0.3, 0.4) is 0 Å². The van der Waals surface area contributed by atoms with E-state index in [1.54, 1.807) is 30.3 Å². The zero-order valence-electron chi connectivity index (χ0n) is 18.2. The van der Waals surface area contributed by atoms with Crippen molar-refractivity contribution in [3.8, 4) is 11.5 Å². The molecule has 4 aromatic rings. The summed E-state index contributed by atoms with van der Waals surface area (Å²) < 4.78 is 53.6. The van der Waals surface area contributed by atoms with Gasteiger partial charge >= 0.3 is 6.18 Å². The molecule has 1 amide bonds. The maximum absolute atomic E-state index is 14.0. The number of halogens is 3. The minimum absolute atomic E-state index is 0.0129. The molecule has 3 aromatic carbocycles. The van der Waals surface area contributed by atoms with Crippen molar-refractivity contribution in [1.29, 1.82) is 0 Å². The van der Waals surface area contributed by atoms with Crippen molar-refractivity contribution in [2.75, 3.05) is 17.4 Å². The number of benzene rings is 3. The van der Waals surface area contributed by atoms with Crippen molar-refractivity contribution < 1.29 is 27.4 Å². The van der Waals surface area contributed by atoms with Crippen LogP contribution < -0.4 is 20.1 Å². The van der Waals surface area contributed by atoms with Crippen molar-refractivity contribution in [3.05, 3.63) is 78.0 Å². The van der Waals surface area contributed by atoms with Crippen LogP contribution in [-0.2, 0) is 0 Å². The zero-order valence-corrected chi connectivity index (χ0v) is 18.2. The molecule has 2 N–H and O–H groups in total. The Morgan fingerprint density at radius 2 is 1.86 bits per heavy atom. The number of alkyl halides is 3. The molecule has 0 spiro atoms. The minimum atomic E-state index is -4.55. The number of fused-ring (bicyclic) bond motifs is 3. The first-order valence-electron chi connectivity index (χ1n) is 11.0. The molecule has 7 nitrogen and oxygen atoms in total. The van der Waals surface area contributed by atoms with E-state index in [0.29, 0.717) is 22.7 Å². The fourth-order valence-electron chi connectivity index (χ4n) is 4.60. The Kier molecular flexibility index (Phi) is 4.84. The first kappa shape index (κ1) is 21.3. The van der Waals surface area contributed by atoms with Gasteiger partial charge in [-0.15, -0.1) is 0 Å². The lowest BCUT2D eigenvalue weighted by Crippen LogP contribution is -2.36. The smallest absolute Gasteiger partial charge is 0.410 e. The van der Waals surface area contributed by atoms with Crippen LogP contribution in [0.25, 0.3) is 10.8 Å². The fourth-order valence-corrected chi connectivity index (χ4v) is 4.60. The number of hydrogen-bond acceptors (Lipinski definition) is 5. The third-order valence-electron chi connectivity index (χ3n) is 6.32. The van der Waals surface area contributed by atoms with Crippen LogP contribution in [-0.4, -0.2) is 28.7 Å². The maximum Gasteiger partial charge on any atom is 0.410 e. The van der Waals surface area contributed by atoms with E-state index in [4.69, 9.17) is 9.47 Å². The number of anilines is 2. The minimum Gasteiger partial charge on any atom is -0.454 e. The molecule has 0 saturated heterocycles. The van der Waals surface area contributed by atoms with E-state index in [0.717, 1.165) is 15.5 Å². The van der Waals surface area contributed by atoms with E-state index in [1.165, 1.54) is 6.20 Å². The van der Waals surface area contributed by atoms with Crippen molar-refractivity contribution >= 4 is 28.2 Å². The van der Waals surface area contributed by atoms with Crippen molar-refractivity contribution in [3.63, 3.8) is 0 Å². The molecule has 0 radical (unpaired) electrons. The highest BCUT2D eigenvalue weighted by molar-refractivity contribution is 6.11. The summed E-state index contributed by atoms with van der Waals surface area (Å²) in [7, 11) is 0. The number of rotatable bonds is 3. The molecule has 0 unspecified atom stereocenters. The van der Waals surface area contributed by atoms with E-state index < -0.39 is 24.2 Å². The topological polar surface area (TPSA) is 77.4 Å². The first-order valence-corrected chi connectivity index (χ1v) is 11.0. The van der Waals surface area contributed by atoms with Gasteiger partial charge in [0.05, 0.1) is 12.2 Å². The normalized spacial score (nSPS) is 18.7. The van der Waals surface area contributed by atoms with Gasteiger partial charge in [-0.1, -0.05) is 42.5 Å². The molecular weight excluding hydrogens is 461 g/mol. The van der Waals surface area contributed by atoms with Crippen LogP contribution in [0.1, 0.15) is 34.4 Å². The molecule has 0 saturated carbocycles. The van der Waals surface area contributed by atoms with Crippen LogP contribution >= 0.6 is 0 Å². The lowest BCUT2D eigenvalue weighted by Gasteiger charge is -2.34. The number of nitrogens with one attached hydrogen (secondary N) is 2. The summed E-state index contributed by atoms with van der Waals surface area (Å²) in [6, 6.07) is 15.4. The Bertz CT molecular complexity index is 1440. The molecular formula is C25H19F3N4O3. The third kappa shape index (κ3) is 3.71. The second-order valence-corrected chi connectivity index (χ2v) is 8.43. The molecule has 2 atom stereocenters. The number of hydrogen-bond donors (Lipinski definition) is 2. The molecule has 1 aromatic heterocycles.